The minimum atomic E-state index is -0.192. The Morgan fingerprint density at radius 2 is 2.03 bits per heavy atom. The summed E-state index contributed by atoms with van der Waals surface area (Å²) in [7, 11) is 2.00. The van der Waals surface area contributed by atoms with Gasteiger partial charge in [0.25, 0.3) is 5.91 Å². The molecule has 1 aliphatic carbocycles. The normalized spacial score (nSPS) is 21.9. The lowest BCUT2D eigenvalue weighted by molar-refractivity contribution is 0.102. The second-order valence-electron chi connectivity index (χ2n) is 12.0. The van der Waals surface area contributed by atoms with E-state index in [0.717, 1.165) is 60.0 Å². The largest absolute Gasteiger partial charge is 0.382 e. The molecule has 0 radical (unpaired) electrons. The number of carbonyl (C=O) groups is 1. The molecule has 0 bridgehead atoms. The van der Waals surface area contributed by atoms with Crippen molar-refractivity contribution in [3.63, 3.8) is 0 Å². The van der Waals surface area contributed by atoms with Crippen molar-refractivity contribution in [1.29, 1.82) is 0 Å². The van der Waals surface area contributed by atoms with Gasteiger partial charge in [0.1, 0.15) is 17.8 Å². The summed E-state index contributed by atoms with van der Waals surface area (Å²) in [6, 6.07) is 10.1. The lowest BCUT2D eigenvalue weighted by atomic mass is 9.58. The summed E-state index contributed by atoms with van der Waals surface area (Å²) in [4.78, 5) is 18.3. The second kappa shape index (κ2) is 9.56. The van der Waals surface area contributed by atoms with Crippen LogP contribution in [0.1, 0.15) is 80.6 Å². The smallest absolute Gasteiger partial charge is 0.274 e. The summed E-state index contributed by atoms with van der Waals surface area (Å²) in [5, 5.41) is 18.8. The summed E-state index contributed by atoms with van der Waals surface area (Å²) in [6.45, 7) is 13.4. The van der Waals surface area contributed by atoms with Gasteiger partial charge in [-0.25, -0.2) is 4.98 Å². The predicted molar refractivity (Wildman–Crippen MR) is 147 cm³/mol. The molecule has 3 N–H and O–H groups in total. The molecule has 8 heteroatoms. The van der Waals surface area contributed by atoms with Gasteiger partial charge in [-0.1, -0.05) is 46.8 Å². The molecule has 196 valence electrons. The topological polar surface area (TPSA) is 96.8 Å². The Morgan fingerprint density at radius 3 is 2.70 bits per heavy atom. The first-order chi connectivity index (χ1) is 17.6. The molecule has 1 amide bonds. The van der Waals surface area contributed by atoms with Crippen molar-refractivity contribution in [2.75, 3.05) is 23.7 Å². The number of amides is 1. The molecule has 3 aromatic rings. The van der Waals surface area contributed by atoms with E-state index >= 15 is 0 Å². The van der Waals surface area contributed by atoms with Crippen LogP contribution in [0.25, 0.3) is 0 Å². The number of rotatable bonds is 8. The summed E-state index contributed by atoms with van der Waals surface area (Å²) >= 11 is 0. The van der Waals surface area contributed by atoms with Crippen LogP contribution in [0.15, 0.2) is 36.7 Å². The number of pyridine rings is 1. The zero-order valence-electron chi connectivity index (χ0n) is 22.9. The van der Waals surface area contributed by atoms with E-state index in [0.29, 0.717) is 24.1 Å². The molecule has 2 aromatic heterocycles. The molecule has 0 atom stereocenters. The molecular weight excluding hydrogens is 462 g/mol. The average molecular weight is 502 g/mol. The Morgan fingerprint density at radius 1 is 1.24 bits per heavy atom. The van der Waals surface area contributed by atoms with Crippen molar-refractivity contribution >= 4 is 17.3 Å². The van der Waals surface area contributed by atoms with Crippen molar-refractivity contribution in [2.45, 2.75) is 64.8 Å². The van der Waals surface area contributed by atoms with Crippen LogP contribution >= 0.6 is 0 Å². The van der Waals surface area contributed by atoms with Crippen LogP contribution in [0.3, 0.4) is 0 Å². The molecule has 37 heavy (non-hydrogen) atoms. The highest BCUT2D eigenvalue weighted by atomic mass is 16.1. The number of nitrogens with zero attached hydrogens (tertiary/aromatic N) is 4. The van der Waals surface area contributed by atoms with Gasteiger partial charge < -0.3 is 20.5 Å². The van der Waals surface area contributed by atoms with Gasteiger partial charge in [0.2, 0.25) is 0 Å². The van der Waals surface area contributed by atoms with Gasteiger partial charge in [-0.3, -0.25) is 4.79 Å². The van der Waals surface area contributed by atoms with Gasteiger partial charge in [-0.15, -0.1) is 10.2 Å². The quantitative estimate of drug-likeness (QED) is 0.417. The van der Waals surface area contributed by atoms with Crippen LogP contribution in [-0.2, 0) is 24.4 Å². The average Bonchev–Trinajstić information content (AvgIpc) is 3.39. The Balaban J connectivity index is 1.42. The van der Waals surface area contributed by atoms with Gasteiger partial charge in [0.15, 0.2) is 0 Å². The zero-order valence-corrected chi connectivity index (χ0v) is 22.9. The van der Waals surface area contributed by atoms with E-state index in [9.17, 15) is 4.79 Å². The molecule has 1 aromatic carbocycles. The van der Waals surface area contributed by atoms with Gasteiger partial charge in [0, 0.05) is 31.2 Å². The Hall–Kier alpha value is -3.26. The first-order valence-corrected chi connectivity index (χ1v) is 13.3. The van der Waals surface area contributed by atoms with E-state index in [1.165, 1.54) is 0 Å². The molecular formula is C29H39N7O. The van der Waals surface area contributed by atoms with Crippen LogP contribution in [-0.4, -0.2) is 38.7 Å². The molecule has 0 unspecified atom stereocenters. The Labute approximate surface area is 219 Å². The fraction of sp³-hybridized carbons (Fsp3) is 0.517. The third-order valence-corrected chi connectivity index (χ3v) is 7.76. The number of benzene rings is 1. The standard InChI is InChI=1S/C29H39N7O/c1-18(2)14-30-15-20-10-23(34-25-24(20)31-16-28(25,4)5)26(37)33-22-9-7-8-21(11-22)29(12-19(3)13-29)27-35-32-17-36(27)6/h7-11,17-19,30-31H,12-16H2,1-6H3,(H,33,37). The molecule has 1 saturated carbocycles. The number of anilines is 2. The summed E-state index contributed by atoms with van der Waals surface area (Å²) in [5.41, 5.74) is 5.16. The van der Waals surface area contributed by atoms with Crippen LogP contribution in [0.2, 0.25) is 0 Å². The monoisotopic (exact) mass is 501 g/mol. The van der Waals surface area contributed by atoms with E-state index in [1.54, 1.807) is 6.33 Å². The van der Waals surface area contributed by atoms with E-state index in [-0.39, 0.29) is 16.7 Å². The minimum absolute atomic E-state index is 0.137. The summed E-state index contributed by atoms with van der Waals surface area (Å²) < 4.78 is 2.01. The third kappa shape index (κ3) is 4.75. The van der Waals surface area contributed by atoms with Crippen molar-refractivity contribution in [1.82, 2.24) is 25.1 Å². The molecule has 2 aliphatic rings. The Kier molecular flexibility index (Phi) is 6.56. The van der Waals surface area contributed by atoms with Crippen LogP contribution in [0.4, 0.5) is 11.4 Å². The number of fused-ring (bicyclic) bond motifs is 1. The summed E-state index contributed by atoms with van der Waals surface area (Å²) in [6.07, 6.45) is 3.78. The highest BCUT2D eigenvalue weighted by Gasteiger charge is 2.48. The third-order valence-electron chi connectivity index (χ3n) is 7.76. The van der Waals surface area contributed by atoms with Gasteiger partial charge in [0.05, 0.1) is 16.8 Å². The van der Waals surface area contributed by atoms with Gasteiger partial charge in [-0.05, 0) is 60.5 Å². The molecule has 0 saturated heterocycles. The van der Waals surface area contributed by atoms with E-state index in [1.807, 2.05) is 29.8 Å². The highest BCUT2D eigenvalue weighted by molar-refractivity contribution is 6.03. The fourth-order valence-corrected chi connectivity index (χ4v) is 5.91. The Bertz CT molecular complexity index is 1300. The first-order valence-electron chi connectivity index (χ1n) is 13.3. The van der Waals surface area contributed by atoms with Crippen molar-refractivity contribution in [3.8, 4) is 0 Å². The van der Waals surface area contributed by atoms with E-state index in [2.05, 4.69) is 72.9 Å². The van der Waals surface area contributed by atoms with Crippen LogP contribution in [0, 0.1) is 11.8 Å². The molecule has 8 nitrogen and oxygen atoms in total. The second-order valence-corrected chi connectivity index (χ2v) is 12.0. The number of hydrogen-bond donors (Lipinski definition) is 3. The maximum absolute atomic E-state index is 13.5. The molecule has 1 aliphatic heterocycles. The van der Waals surface area contributed by atoms with Gasteiger partial charge in [-0.2, -0.15) is 0 Å². The number of carbonyl (C=O) groups excluding carboxylic acids is 1. The zero-order chi connectivity index (χ0) is 26.4. The SMILES string of the molecule is CC(C)CNCc1cc(C(=O)Nc2cccc(C3(c4nncn4C)CC(C)C3)c2)nc2c1NCC2(C)C. The van der Waals surface area contributed by atoms with Crippen LogP contribution < -0.4 is 16.0 Å². The number of nitrogens with one attached hydrogen (secondary N) is 3. The molecule has 3 heterocycles. The molecule has 5 rings (SSSR count). The van der Waals surface area contributed by atoms with Crippen LogP contribution in [0.5, 0.6) is 0 Å². The minimum Gasteiger partial charge on any atom is -0.382 e. The lowest BCUT2D eigenvalue weighted by Crippen LogP contribution is -2.43. The van der Waals surface area contributed by atoms with Gasteiger partial charge >= 0.3 is 0 Å². The number of hydrogen-bond acceptors (Lipinski definition) is 6. The maximum Gasteiger partial charge on any atom is 0.274 e. The van der Waals surface area contributed by atoms with Crippen molar-refractivity contribution in [3.05, 3.63) is 65.0 Å². The maximum atomic E-state index is 13.5. The number of aromatic nitrogens is 4. The fourth-order valence-electron chi connectivity index (χ4n) is 5.91. The highest BCUT2D eigenvalue weighted by Crippen LogP contribution is 2.51. The lowest BCUT2D eigenvalue weighted by Gasteiger charge is -2.46. The summed E-state index contributed by atoms with van der Waals surface area (Å²) in [5.74, 6) is 1.95. The van der Waals surface area contributed by atoms with Crippen molar-refractivity contribution < 1.29 is 4.79 Å². The molecule has 1 fully saturated rings. The first kappa shape index (κ1) is 25.4. The predicted octanol–water partition coefficient (Wildman–Crippen LogP) is 4.63. The van der Waals surface area contributed by atoms with E-state index < -0.39 is 0 Å². The van der Waals surface area contributed by atoms with Crippen molar-refractivity contribution in [2.24, 2.45) is 18.9 Å². The molecule has 0 spiro atoms. The number of aryl methyl sites for hydroxylation is 1. The van der Waals surface area contributed by atoms with E-state index in [4.69, 9.17) is 4.98 Å².